The Morgan fingerprint density at radius 2 is 1.68 bits per heavy atom. The monoisotopic (exact) mass is 379 g/mol. The molecule has 0 radical (unpaired) electrons. The maximum absolute atomic E-state index is 13.0. The zero-order valence-corrected chi connectivity index (χ0v) is 16.6. The third-order valence-electron chi connectivity index (χ3n) is 4.15. The van der Waals surface area contributed by atoms with Crippen molar-refractivity contribution >= 4 is 5.91 Å². The molecule has 1 aromatic heterocycles. The number of benzene rings is 2. The second kappa shape index (κ2) is 8.69. The number of hydrogen-bond acceptors (Lipinski definition) is 5. The number of aromatic nitrogens is 2. The smallest absolute Gasteiger partial charge is 0.254 e. The predicted octanol–water partition coefficient (Wildman–Crippen LogP) is 4.57. The zero-order valence-electron chi connectivity index (χ0n) is 16.6. The summed E-state index contributed by atoms with van der Waals surface area (Å²) >= 11 is 0. The first-order valence-electron chi connectivity index (χ1n) is 9.39. The molecular formula is C22H25N3O3. The number of carbonyl (C=O) groups is 1. The molecule has 0 unspecified atom stereocenters. The van der Waals surface area contributed by atoms with Crippen molar-refractivity contribution in [1.29, 1.82) is 0 Å². The van der Waals surface area contributed by atoms with E-state index in [1.54, 1.807) is 17.0 Å². The van der Waals surface area contributed by atoms with E-state index >= 15 is 0 Å². The lowest BCUT2D eigenvalue weighted by molar-refractivity contribution is 0.0672. The lowest BCUT2D eigenvalue weighted by Crippen LogP contribution is -2.36. The number of carbonyl (C=O) groups excluding carboxylic acids is 1. The molecule has 0 saturated carbocycles. The Balaban J connectivity index is 1.75. The Kier molecular flexibility index (Phi) is 6.09. The van der Waals surface area contributed by atoms with Crippen LogP contribution in [-0.4, -0.2) is 33.2 Å². The normalized spacial score (nSPS) is 11.1. The van der Waals surface area contributed by atoms with Crippen LogP contribution in [0.3, 0.4) is 0 Å². The van der Waals surface area contributed by atoms with Crippen molar-refractivity contribution in [3.05, 3.63) is 66.1 Å². The van der Waals surface area contributed by atoms with Crippen molar-refractivity contribution in [1.82, 2.24) is 15.1 Å². The van der Waals surface area contributed by atoms with Gasteiger partial charge in [-0.25, -0.2) is 0 Å². The quantitative estimate of drug-likeness (QED) is 0.601. The molecule has 1 heterocycles. The zero-order chi connectivity index (χ0) is 20.1. The van der Waals surface area contributed by atoms with Gasteiger partial charge in [-0.1, -0.05) is 18.2 Å². The minimum absolute atomic E-state index is 0.0221. The van der Waals surface area contributed by atoms with E-state index in [9.17, 15) is 4.79 Å². The first-order chi connectivity index (χ1) is 13.4. The summed E-state index contributed by atoms with van der Waals surface area (Å²) in [6.45, 7) is 8.10. The molecule has 6 nitrogen and oxygen atoms in total. The molecule has 0 N–H and O–H groups in total. The highest BCUT2D eigenvalue weighted by molar-refractivity contribution is 5.94. The van der Waals surface area contributed by atoms with E-state index in [2.05, 4.69) is 10.2 Å². The summed E-state index contributed by atoms with van der Waals surface area (Å²) in [5.74, 6) is 1.50. The highest BCUT2D eigenvalue weighted by atomic mass is 16.5. The molecule has 0 aliphatic heterocycles. The number of nitrogens with zero attached hydrogens (tertiary/aromatic N) is 3. The second-order valence-electron chi connectivity index (χ2n) is 7.08. The highest BCUT2D eigenvalue weighted by Crippen LogP contribution is 2.20. The average molecular weight is 379 g/mol. The van der Waals surface area contributed by atoms with Crippen LogP contribution < -0.4 is 4.74 Å². The van der Waals surface area contributed by atoms with E-state index in [-0.39, 0.29) is 24.6 Å². The molecular weight excluding hydrogens is 354 g/mol. The van der Waals surface area contributed by atoms with Gasteiger partial charge in [0, 0.05) is 17.2 Å². The molecule has 146 valence electrons. The van der Waals surface area contributed by atoms with Gasteiger partial charge in [0.05, 0.1) is 12.6 Å². The summed E-state index contributed by atoms with van der Waals surface area (Å²) in [4.78, 5) is 14.7. The molecule has 0 bridgehead atoms. The topological polar surface area (TPSA) is 68.5 Å². The van der Waals surface area contributed by atoms with Gasteiger partial charge in [-0.3, -0.25) is 4.79 Å². The molecule has 0 spiro atoms. The Morgan fingerprint density at radius 3 is 2.29 bits per heavy atom. The fraction of sp³-hybridized carbons (Fsp3) is 0.318. The third kappa shape index (κ3) is 4.76. The molecule has 6 heteroatoms. The first kappa shape index (κ1) is 19.6. The van der Waals surface area contributed by atoms with Crippen LogP contribution in [0.2, 0.25) is 0 Å². The van der Waals surface area contributed by atoms with Crippen molar-refractivity contribution < 1.29 is 13.9 Å². The van der Waals surface area contributed by atoms with Crippen LogP contribution >= 0.6 is 0 Å². The van der Waals surface area contributed by atoms with Crippen molar-refractivity contribution in [3.8, 4) is 17.2 Å². The Bertz CT molecular complexity index is 902. The fourth-order valence-corrected chi connectivity index (χ4v) is 2.76. The molecule has 0 saturated heterocycles. The molecule has 0 atom stereocenters. The van der Waals surface area contributed by atoms with Gasteiger partial charge in [0.25, 0.3) is 5.91 Å². The summed E-state index contributed by atoms with van der Waals surface area (Å²) in [6.07, 6.45) is 0.0880. The number of ether oxygens (including phenoxy) is 1. The van der Waals surface area contributed by atoms with Crippen LogP contribution in [0, 0.1) is 0 Å². The minimum Gasteiger partial charge on any atom is -0.491 e. The van der Waals surface area contributed by atoms with Crippen molar-refractivity contribution in [2.24, 2.45) is 0 Å². The second-order valence-corrected chi connectivity index (χ2v) is 7.08. The maximum Gasteiger partial charge on any atom is 0.254 e. The number of rotatable bonds is 7. The first-order valence-corrected chi connectivity index (χ1v) is 9.39. The van der Waals surface area contributed by atoms with Crippen LogP contribution in [0.15, 0.2) is 59.0 Å². The van der Waals surface area contributed by atoms with Crippen molar-refractivity contribution in [2.75, 3.05) is 0 Å². The van der Waals surface area contributed by atoms with Crippen LogP contribution in [0.1, 0.15) is 43.9 Å². The van der Waals surface area contributed by atoms with Crippen LogP contribution in [0.25, 0.3) is 11.5 Å². The lowest BCUT2D eigenvalue weighted by Gasteiger charge is -2.25. The molecule has 1 amide bonds. The Hall–Kier alpha value is -3.15. The van der Waals surface area contributed by atoms with Crippen molar-refractivity contribution in [2.45, 2.75) is 46.4 Å². The maximum atomic E-state index is 13.0. The van der Waals surface area contributed by atoms with Gasteiger partial charge in [0.15, 0.2) is 0 Å². The van der Waals surface area contributed by atoms with E-state index in [4.69, 9.17) is 9.15 Å². The van der Waals surface area contributed by atoms with Crippen LogP contribution in [-0.2, 0) is 6.54 Å². The number of amides is 1. The van der Waals surface area contributed by atoms with Gasteiger partial charge < -0.3 is 14.1 Å². The SMILES string of the molecule is CC(C)Oc1ccc(C(=O)N(Cc2nnc(-c3ccccc3)o2)C(C)C)cc1. The van der Waals surface area contributed by atoms with E-state index in [1.807, 2.05) is 70.2 Å². The molecule has 2 aromatic carbocycles. The molecule has 3 aromatic rings. The molecule has 0 aliphatic carbocycles. The fourth-order valence-electron chi connectivity index (χ4n) is 2.76. The standard InChI is InChI=1S/C22H25N3O3/c1-15(2)25(22(26)18-10-12-19(13-11-18)27-16(3)4)14-20-23-24-21(28-20)17-8-6-5-7-9-17/h5-13,15-16H,14H2,1-4H3. The van der Waals surface area contributed by atoms with Crippen LogP contribution in [0.5, 0.6) is 5.75 Å². The molecule has 28 heavy (non-hydrogen) atoms. The summed E-state index contributed by atoms with van der Waals surface area (Å²) in [7, 11) is 0. The summed E-state index contributed by atoms with van der Waals surface area (Å²) in [5.41, 5.74) is 1.44. The van der Waals surface area contributed by atoms with Crippen molar-refractivity contribution in [3.63, 3.8) is 0 Å². The van der Waals surface area contributed by atoms with E-state index in [0.717, 1.165) is 11.3 Å². The number of hydrogen-bond donors (Lipinski definition) is 0. The predicted molar refractivity (Wildman–Crippen MR) is 107 cm³/mol. The molecule has 3 rings (SSSR count). The minimum atomic E-state index is -0.0921. The lowest BCUT2D eigenvalue weighted by atomic mass is 10.1. The Morgan fingerprint density at radius 1 is 1.00 bits per heavy atom. The van der Waals surface area contributed by atoms with Gasteiger partial charge in [0.2, 0.25) is 11.8 Å². The molecule has 0 fully saturated rings. The summed E-state index contributed by atoms with van der Waals surface area (Å²) in [5, 5.41) is 8.21. The highest BCUT2D eigenvalue weighted by Gasteiger charge is 2.22. The van der Waals surface area contributed by atoms with Gasteiger partial charge in [-0.2, -0.15) is 0 Å². The summed E-state index contributed by atoms with van der Waals surface area (Å²) < 4.78 is 11.4. The third-order valence-corrected chi connectivity index (χ3v) is 4.15. The van der Waals surface area contributed by atoms with Gasteiger partial charge in [-0.15, -0.1) is 10.2 Å². The summed E-state index contributed by atoms with van der Waals surface area (Å²) in [6, 6.07) is 16.7. The van der Waals surface area contributed by atoms with Gasteiger partial charge >= 0.3 is 0 Å². The van der Waals surface area contributed by atoms with E-state index < -0.39 is 0 Å². The van der Waals surface area contributed by atoms with E-state index in [1.165, 1.54) is 0 Å². The van der Waals surface area contributed by atoms with Gasteiger partial charge in [0.1, 0.15) is 5.75 Å². The van der Waals surface area contributed by atoms with Gasteiger partial charge in [-0.05, 0) is 64.1 Å². The molecule has 0 aliphatic rings. The largest absolute Gasteiger partial charge is 0.491 e. The average Bonchev–Trinajstić information content (AvgIpc) is 3.15. The van der Waals surface area contributed by atoms with Crippen LogP contribution in [0.4, 0.5) is 0 Å². The Labute approximate surface area is 165 Å². The van der Waals surface area contributed by atoms with E-state index in [0.29, 0.717) is 17.3 Å².